The van der Waals surface area contributed by atoms with Gasteiger partial charge in [-0.05, 0) is 36.8 Å². The van der Waals surface area contributed by atoms with Gasteiger partial charge in [-0.15, -0.1) is 0 Å². The highest BCUT2D eigenvalue weighted by Gasteiger charge is 2.16. The fraction of sp³-hybridized carbons (Fsp3) is 0.429. The molecule has 1 unspecified atom stereocenters. The third-order valence-corrected chi connectivity index (χ3v) is 4.86. The van der Waals surface area contributed by atoms with Crippen molar-refractivity contribution < 1.29 is 14.7 Å². The number of carbonyl (C=O) groups is 2. The molecule has 1 aliphatic rings. The van der Waals surface area contributed by atoms with Crippen molar-refractivity contribution in [2.75, 3.05) is 17.6 Å². The van der Waals surface area contributed by atoms with Gasteiger partial charge in [-0.3, -0.25) is 0 Å². The van der Waals surface area contributed by atoms with E-state index in [4.69, 9.17) is 16.7 Å². The Morgan fingerprint density at radius 3 is 2.86 bits per heavy atom. The van der Waals surface area contributed by atoms with Gasteiger partial charge in [0.05, 0.1) is 11.3 Å². The normalized spacial score (nSPS) is 18.0. The number of anilines is 1. The molecule has 0 aromatic heterocycles. The van der Waals surface area contributed by atoms with E-state index in [1.165, 1.54) is 25.0 Å². The fourth-order valence-corrected chi connectivity index (χ4v) is 3.55. The Morgan fingerprint density at radius 2 is 2.19 bits per heavy atom. The first-order valence-corrected chi connectivity index (χ1v) is 8.18. The second kappa shape index (κ2) is 7.56. The molecule has 3 N–H and O–H groups in total. The van der Waals surface area contributed by atoms with Gasteiger partial charge in [-0.25, -0.2) is 9.59 Å². The molecule has 1 heterocycles. The maximum Gasteiger partial charge on any atom is 0.337 e. The van der Waals surface area contributed by atoms with Crippen LogP contribution in [0.25, 0.3) is 0 Å². The quantitative estimate of drug-likeness (QED) is 0.791. The topological polar surface area (TPSA) is 78.4 Å². The number of aromatic carboxylic acids is 1. The predicted octanol–water partition coefficient (Wildman–Crippen LogP) is 3.45. The van der Waals surface area contributed by atoms with Gasteiger partial charge in [-0.2, -0.15) is 11.8 Å². The van der Waals surface area contributed by atoms with Gasteiger partial charge >= 0.3 is 12.0 Å². The van der Waals surface area contributed by atoms with Crippen LogP contribution < -0.4 is 10.6 Å². The second-order valence-electron chi connectivity index (χ2n) is 4.82. The molecule has 114 valence electrons. The lowest BCUT2D eigenvalue weighted by molar-refractivity contribution is 0.0698. The number of thioether (sulfide) groups is 1. The molecule has 0 saturated carbocycles. The summed E-state index contributed by atoms with van der Waals surface area (Å²) >= 11 is 7.63. The van der Waals surface area contributed by atoms with E-state index in [0.717, 1.165) is 12.2 Å². The monoisotopic (exact) mass is 328 g/mol. The van der Waals surface area contributed by atoms with E-state index in [9.17, 15) is 9.59 Å². The Balaban J connectivity index is 1.91. The molecule has 0 spiro atoms. The third-order valence-electron chi connectivity index (χ3n) is 3.22. The summed E-state index contributed by atoms with van der Waals surface area (Å²) in [4.78, 5) is 23.0. The molecule has 2 rings (SSSR count). The maximum absolute atomic E-state index is 11.9. The van der Waals surface area contributed by atoms with Gasteiger partial charge in [0.2, 0.25) is 0 Å². The number of carbonyl (C=O) groups excluding carboxylic acids is 1. The Morgan fingerprint density at radius 1 is 1.38 bits per heavy atom. The predicted molar refractivity (Wildman–Crippen MR) is 85.5 cm³/mol. The number of amides is 2. The first kappa shape index (κ1) is 16.0. The van der Waals surface area contributed by atoms with Crippen LogP contribution in [-0.4, -0.2) is 34.7 Å². The Labute approximate surface area is 132 Å². The summed E-state index contributed by atoms with van der Waals surface area (Å²) < 4.78 is 0. The largest absolute Gasteiger partial charge is 0.478 e. The highest BCUT2D eigenvalue weighted by molar-refractivity contribution is 7.99. The molecule has 1 atom stereocenters. The molecule has 1 aromatic rings. The van der Waals surface area contributed by atoms with Gasteiger partial charge < -0.3 is 15.7 Å². The number of benzene rings is 1. The van der Waals surface area contributed by atoms with Gasteiger partial charge in [0.1, 0.15) is 0 Å². The average molecular weight is 329 g/mol. The number of halogens is 1. The standard InChI is InChI=1S/C14H17ClN2O3S/c15-9-4-5-12(11(7-9)13(18)19)17-14(20)16-8-10-3-1-2-6-21-10/h4-5,7,10H,1-3,6,8H2,(H,18,19)(H2,16,17,20). The van der Waals surface area contributed by atoms with E-state index < -0.39 is 12.0 Å². The number of nitrogens with one attached hydrogen (secondary N) is 2. The third kappa shape index (κ3) is 4.82. The molecule has 1 fully saturated rings. The highest BCUT2D eigenvalue weighted by Crippen LogP contribution is 2.24. The van der Waals surface area contributed by atoms with Gasteiger partial charge in [0.15, 0.2) is 0 Å². The lowest BCUT2D eigenvalue weighted by Gasteiger charge is -2.21. The van der Waals surface area contributed by atoms with Crippen molar-refractivity contribution in [1.82, 2.24) is 5.32 Å². The van der Waals surface area contributed by atoms with Crippen molar-refractivity contribution >= 4 is 41.1 Å². The summed E-state index contributed by atoms with van der Waals surface area (Å²) in [6, 6.07) is 3.95. The molecule has 0 radical (unpaired) electrons. The second-order valence-corrected chi connectivity index (χ2v) is 6.66. The van der Waals surface area contributed by atoms with Crippen LogP contribution in [0.5, 0.6) is 0 Å². The molecule has 1 saturated heterocycles. The van der Waals surface area contributed by atoms with Crippen molar-refractivity contribution in [1.29, 1.82) is 0 Å². The lowest BCUT2D eigenvalue weighted by atomic mass is 10.2. The van der Waals surface area contributed by atoms with E-state index in [-0.39, 0.29) is 11.3 Å². The summed E-state index contributed by atoms with van der Waals surface area (Å²) in [6.45, 7) is 0.590. The van der Waals surface area contributed by atoms with Crippen molar-refractivity contribution in [3.8, 4) is 0 Å². The molecular weight excluding hydrogens is 312 g/mol. The summed E-state index contributed by atoms with van der Waals surface area (Å²) in [6.07, 6.45) is 3.54. The van der Waals surface area contributed by atoms with Crippen molar-refractivity contribution in [3.63, 3.8) is 0 Å². The SMILES string of the molecule is O=C(NCC1CCCCS1)Nc1ccc(Cl)cc1C(=O)O. The minimum Gasteiger partial charge on any atom is -0.478 e. The molecule has 7 heteroatoms. The molecule has 0 aliphatic carbocycles. The zero-order valence-corrected chi connectivity index (χ0v) is 13.0. The number of urea groups is 1. The van der Waals surface area contributed by atoms with E-state index in [1.54, 1.807) is 6.07 Å². The Kier molecular flexibility index (Phi) is 5.76. The zero-order valence-electron chi connectivity index (χ0n) is 11.4. The summed E-state index contributed by atoms with van der Waals surface area (Å²) in [5.41, 5.74) is 0.213. The van der Waals surface area contributed by atoms with E-state index in [0.29, 0.717) is 16.8 Å². The van der Waals surface area contributed by atoms with Crippen LogP contribution in [0.15, 0.2) is 18.2 Å². The van der Waals surface area contributed by atoms with Crippen LogP contribution >= 0.6 is 23.4 Å². The summed E-state index contributed by atoms with van der Waals surface area (Å²) in [5, 5.41) is 15.2. The number of rotatable bonds is 4. The van der Waals surface area contributed by atoms with E-state index >= 15 is 0 Å². The van der Waals surface area contributed by atoms with Gasteiger partial charge in [0.25, 0.3) is 0 Å². The minimum atomic E-state index is -1.13. The van der Waals surface area contributed by atoms with Crippen LogP contribution in [0.4, 0.5) is 10.5 Å². The molecule has 2 amide bonds. The van der Waals surface area contributed by atoms with Gasteiger partial charge in [-0.1, -0.05) is 18.0 Å². The zero-order chi connectivity index (χ0) is 15.2. The Hall–Kier alpha value is -1.40. The first-order chi connectivity index (χ1) is 10.1. The van der Waals surface area contributed by atoms with Crippen LogP contribution in [0.3, 0.4) is 0 Å². The van der Waals surface area contributed by atoms with Crippen LogP contribution in [0.2, 0.25) is 5.02 Å². The Bertz CT molecular complexity index is 533. The molecule has 1 aromatic carbocycles. The van der Waals surface area contributed by atoms with Crippen molar-refractivity contribution in [2.24, 2.45) is 0 Å². The smallest absolute Gasteiger partial charge is 0.337 e. The van der Waals surface area contributed by atoms with Crippen LogP contribution in [0, 0.1) is 0 Å². The van der Waals surface area contributed by atoms with Crippen molar-refractivity contribution in [2.45, 2.75) is 24.5 Å². The number of carboxylic acids is 1. The van der Waals surface area contributed by atoms with Gasteiger partial charge in [0, 0.05) is 16.8 Å². The highest BCUT2D eigenvalue weighted by atomic mass is 35.5. The number of hydrogen-bond acceptors (Lipinski definition) is 3. The molecule has 21 heavy (non-hydrogen) atoms. The van der Waals surface area contributed by atoms with Crippen molar-refractivity contribution in [3.05, 3.63) is 28.8 Å². The molecule has 1 aliphatic heterocycles. The molecule has 5 nitrogen and oxygen atoms in total. The maximum atomic E-state index is 11.9. The van der Waals surface area contributed by atoms with Crippen LogP contribution in [0.1, 0.15) is 29.6 Å². The first-order valence-electron chi connectivity index (χ1n) is 6.75. The van der Waals surface area contributed by atoms with Crippen LogP contribution in [-0.2, 0) is 0 Å². The molecular formula is C14H17ClN2O3S. The lowest BCUT2D eigenvalue weighted by Crippen LogP contribution is -2.35. The number of hydrogen-bond donors (Lipinski definition) is 3. The number of carboxylic acid groups (broad SMARTS) is 1. The molecule has 0 bridgehead atoms. The summed E-state index contributed by atoms with van der Waals surface area (Å²) in [7, 11) is 0. The van der Waals surface area contributed by atoms with E-state index in [1.807, 2.05) is 11.8 Å². The fourth-order valence-electron chi connectivity index (χ4n) is 2.14. The minimum absolute atomic E-state index is 0.0234. The van der Waals surface area contributed by atoms with E-state index in [2.05, 4.69) is 10.6 Å². The average Bonchev–Trinajstić information content (AvgIpc) is 2.48. The summed E-state index contributed by atoms with van der Waals surface area (Å²) in [5.74, 6) is 0.00421.